The third-order valence-electron chi connectivity index (χ3n) is 5.45. The molecule has 1 fully saturated rings. The zero-order chi connectivity index (χ0) is 24.3. The van der Waals surface area contributed by atoms with Gasteiger partial charge in [-0.3, -0.25) is 4.79 Å². The second kappa shape index (κ2) is 9.70. The summed E-state index contributed by atoms with van der Waals surface area (Å²) in [6.45, 7) is -0.0588. The Morgan fingerprint density at radius 2 is 1.76 bits per heavy atom. The van der Waals surface area contributed by atoms with Gasteiger partial charge in [-0.25, -0.2) is 12.8 Å². The summed E-state index contributed by atoms with van der Waals surface area (Å²) in [6, 6.07) is 16.8. The molecule has 1 heterocycles. The molecule has 34 heavy (non-hydrogen) atoms. The quantitative estimate of drug-likeness (QED) is 0.496. The Kier molecular flexibility index (Phi) is 6.71. The molecule has 8 nitrogen and oxygen atoms in total. The number of nitrogens with zero attached hydrogens (tertiary/aromatic N) is 1. The molecule has 178 valence electrons. The van der Waals surface area contributed by atoms with Crippen molar-refractivity contribution in [3.63, 3.8) is 0 Å². The number of carbonyl (C=O) groups is 1. The van der Waals surface area contributed by atoms with Gasteiger partial charge in [0.15, 0.2) is 0 Å². The van der Waals surface area contributed by atoms with Crippen molar-refractivity contribution in [3.05, 3.63) is 78.6 Å². The van der Waals surface area contributed by atoms with Crippen LogP contribution in [0.2, 0.25) is 0 Å². The van der Waals surface area contributed by atoms with Crippen molar-refractivity contribution in [2.45, 2.75) is 23.5 Å². The van der Waals surface area contributed by atoms with Crippen molar-refractivity contribution in [2.24, 2.45) is 0 Å². The molecule has 3 aromatic rings. The predicted molar refractivity (Wildman–Crippen MR) is 123 cm³/mol. The molecule has 4 rings (SSSR count). The fourth-order valence-electron chi connectivity index (χ4n) is 3.76. The highest BCUT2D eigenvalue weighted by atomic mass is 32.2. The first-order valence-electron chi connectivity index (χ1n) is 10.4. The van der Waals surface area contributed by atoms with Crippen LogP contribution in [0.4, 0.5) is 10.1 Å². The average molecular weight is 487 g/mol. The fourth-order valence-corrected chi connectivity index (χ4v) is 5.39. The number of rotatable bonds is 7. The smallest absolute Gasteiger partial charge is 0.243 e. The van der Waals surface area contributed by atoms with E-state index in [1.807, 2.05) is 6.07 Å². The lowest BCUT2D eigenvalue weighted by molar-refractivity contribution is -0.119. The van der Waals surface area contributed by atoms with Gasteiger partial charge in [-0.05, 0) is 48.5 Å². The zero-order valence-corrected chi connectivity index (χ0v) is 19.0. The number of aromatic hydroxyl groups is 1. The first-order valence-corrected chi connectivity index (χ1v) is 11.9. The number of sulfonamides is 1. The molecular formula is C24H23FN2O6S. The lowest BCUT2D eigenvalue weighted by atomic mass is 10.2. The molecule has 2 N–H and O–H groups in total. The van der Waals surface area contributed by atoms with Crippen molar-refractivity contribution in [3.8, 4) is 17.2 Å². The third-order valence-corrected chi connectivity index (χ3v) is 7.34. The zero-order valence-electron chi connectivity index (χ0n) is 18.2. The van der Waals surface area contributed by atoms with Crippen LogP contribution in [0.25, 0.3) is 0 Å². The number of phenolic OH excluding ortho intramolecular Hbond substituents is 1. The maximum Gasteiger partial charge on any atom is 0.243 e. The van der Waals surface area contributed by atoms with E-state index < -0.39 is 39.6 Å². The van der Waals surface area contributed by atoms with E-state index in [-0.39, 0.29) is 23.5 Å². The van der Waals surface area contributed by atoms with E-state index >= 15 is 0 Å². The Bertz CT molecular complexity index is 1270. The SMILES string of the molecule is COc1ccc(S(=O)(=O)N2CC(Oc3ccccc3)CC2C(=O)Nc2ccc(F)cc2O)cc1. The lowest BCUT2D eigenvalue weighted by Crippen LogP contribution is -2.43. The molecule has 0 aromatic heterocycles. The summed E-state index contributed by atoms with van der Waals surface area (Å²) in [5, 5.41) is 12.5. The number of ether oxygens (including phenoxy) is 2. The number of methoxy groups -OCH3 is 1. The first kappa shape index (κ1) is 23.5. The van der Waals surface area contributed by atoms with E-state index in [4.69, 9.17) is 9.47 Å². The van der Waals surface area contributed by atoms with Gasteiger partial charge in [0.25, 0.3) is 0 Å². The van der Waals surface area contributed by atoms with Gasteiger partial charge < -0.3 is 19.9 Å². The van der Waals surface area contributed by atoms with Gasteiger partial charge in [0.2, 0.25) is 15.9 Å². The van der Waals surface area contributed by atoms with Gasteiger partial charge >= 0.3 is 0 Å². The summed E-state index contributed by atoms with van der Waals surface area (Å²) >= 11 is 0. The molecule has 0 spiro atoms. The third kappa shape index (κ3) is 4.97. The summed E-state index contributed by atoms with van der Waals surface area (Å²) in [4.78, 5) is 13.1. The van der Waals surface area contributed by atoms with Gasteiger partial charge in [0, 0.05) is 12.5 Å². The van der Waals surface area contributed by atoms with Crippen molar-refractivity contribution < 1.29 is 32.2 Å². The van der Waals surface area contributed by atoms with Crippen molar-refractivity contribution >= 4 is 21.6 Å². The minimum absolute atomic E-state index is 0.00362. The van der Waals surface area contributed by atoms with E-state index in [0.717, 1.165) is 16.4 Å². The molecular weight excluding hydrogens is 463 g/mol. The second-order valence-electron chi connectivity index (χ2n) is 7.71. The van der Waals surface area contributed by atoms with Gasteiger partial charge in [0.05, 0.1) is 24.2 Å². The van der Waals surface area contributed by atoms with E-state index in [2.05, 4.69) is 5.32 Å². The number of anilines is 1. The number of hydrogen-bond acceptors (Lipinski definition) is 6. The summed E-state index contributed by atoms with van der Waals surface area (Å²) in [5.41, 5.74) is -0.0272. The molecule has 0 bridgehead atoms. The number of halogens is 1. The molecule has 1 amide bonds. The Labute approximate surface area is 196 Å². The molecule has 10 heteroatoms. The Morgan fingerprint density at radius 1 is 1.06 bits per heavy atom. The fraction of sp³-hybridized carbons (Fsp3) is 0.208. The van der Waals surface area contributed by atoms with Crippen molar-refractivity contribution in [2.75, 3.05) is 19.0 Å². The van der Waals surface area contributed by atoms with Crippen LogP contribution in [0.3, 0.4) is 0 Å². The number of carbonyl (C=O) groups excluding carboxylic acids is 1. The maximum absolute atomic E-state index is 13.5. The van der Waals surface area contributed by atoms with Crippen LogP contribution in [0.15, 0.2) is 77.7 Å². The molecule has 1 aliphatic heterocycles. The Hall–Kier alpha value is -3.63. The second-order valence-corrected chi connectivity index (χ2v) is 9.60. The summed E-state index contributed by atoms with van der Waals surface area (Å²) in [6.07, 6.45) is -0.508. The molecule has 2 atom stereocenters. The highest BCUT2D eigenvalue weighted by Crippen LogP contribution is 2.31. The number of para-hydroxylation sites is 1. The molecule has 0 saturated carbocycles. The maximum atomic E-state index is 13.5. The van der Waals surface area contributed by atoms with Crippen LogP contribution < -0.4 is 14.8 Å². The normalized spacial score (nSPS) is 18.4. The summed E-state index contributed by atoms with van der Waals surface area (Å²) < 4.78 is 52.4. The molecule has 1 saturated heterocycles. The van der Waals surface area contributed by atoms with E-state index in [1.165, 1.54) is 37.4 Å². The minimum Gasteiger partial charge on any atom is -0.506 e. The van der Waals surface area contributed by atoms with Gasteiger partial charge in [0.1, 0.15) is 35.2 Å². The van der Waals surface area contributed by atoms with Gasteiger partial charge in [-0.2, -0.15) is 4.31 Å². The number of phenols is 1. The largest absolute Gasteiger partial charge is 0.506 e. The molecule has 0 radical (unpaired) electrons. The van der Waals surface area contributed by atoms with Crippen LogP contribution in [0.1, 0.15) is 6.42 Å². The first-order chi connectivity index (χ1) is 16.3. The number of nitrogens with one attached hydrogen (secondary N) is 1. The topological polar surface area (TPSA) is 105 Å². The highest BCUT2D eigenvalue weighted by Gasteiger charge is 2.45. The van der Waals surface area contributed by atoms with Gasteiger partial charge in [-0.1, -0.05) is 18.2 Å². The van der Waals surface area contributed by atoms with Crippen LogP contribution in [-0.4, -0.2) is 49.5 Å². The van der Waals surface area contributed by atoms with Crippen LogP contribution in [0.5, 0.6) is 17.2 Å². The summed E-state index contributed by atoms with van der Waals surface area (Å²) in [7, 11) is -2.60. The van der Waals surface area contributed by atoms with Crippen LogP contribution in [0, 0.1) is 5.82 Å². The van der Waals surface area contributed by atoms with Crippen LogP contribution >= 0.6 is 0 Å². The Morgan fingerprint density at radius 3 is 2.41 bits per heavy atom. The van der Waals surface area contributed by atoms with Crippen molar-refractivity contribution in [1.29, 1.82) is 0 Å². The molecule has 0 aliphatic carbocycles. The number of amides is 1. The van der Waals surface area contributed by atoms with E-state index in [1.54, 1.807) is 24.3 Å². The minimum atomic E-state index is -4.08. The predicted octanol–water partition coefficient (Wildman–Crippen LogP) is 3.39. The summed E-state index contributed by atoms with van der Waals surface area (Å²) in [5.74, 6) is -0.763. The number of hydrogen-bond donors (Lipinski definition) is 2. The average Bonchev–Trinajstić information content (AvgIpc) is 3.26. The molecule has 2 unspecified atom stereocenters. The van der Waals surface area contributed by atoms with E-state index in [9.17, 15) is 22.7 Å². The highest BCUT2D eigenvalue weighted by molar-refractivity contribution is 7.89. The standard InChI is InChI=1S/C24H23FN2O6S/c1-32-17-8-10-20(11-9-17)34(30,31)27-15-19(33-18-5-3-2-4-6-18)14-22(27)24(29)26-21-12-7-16(25)13-23(21)28/h2-13,19,22,28H,14-15H2,1H3,(H,26,29). The van der Waals surface area contributed by atoms with Crippen LogP contribution in [-0.2, 0) is 14.8 Å². The Balaban J connectivity index is 1.63. The van der Waals surface area contributed by atoms with Gasteiger partial charge in [-0.15, -0.1) is 0 Å². The molecule has 1 aliphatic rings. The van der Waals surface area contributed by atoms with Crippen molar-refractivity contribution in [1.82, 2.24) is 4.31 Å². The monoisotopic (exact) mass is 486 g/mol. The number of benzene rings is 3. The van der Waals surface area contributed by atoms with E-state index in [0.29, 0.717) is 11.5 Å². The lowest BCUT2D eigenvalue weighted by Gasteiger charge is -2.23. The molecule has 3 aromatic carbocycles.